The first-order chi connectivity index (χ1) is 15.1. The fourth-order valence-electron chi connectivity index (χ4n) is 4.37. The standard InChI is InChI=1S/C21H29N3O6S2/c1-31(26,27)12-3-11-30-21(25)23-15-18-6-7-19(16-23)24(18)10-2-13-32(28,29)20-8-4-17(14-22)5-9-20/h4-5,8-9,18-19H,2-3,6-7,10-13,15-16H2,1H3. The zero-order chi connectivity index (χ0) is 23.4. The van der Waals surface area contributed by atoms with Gasteiger partial charge >= 0.3 is 6.09 Å². The molecule has 0 aromatic heterocycles. The number of carbonyl (C=O) groups is 1. The molecule has 0 spiro atoms. The molecule has 0 saturated carbocycles. The number of nitriles is 1. The molecular formula is C21H29N3O6S2. The maximum atomic E-state index is 12.6. The Kier molecular flexibility index (Phi) is 7.79. The summed E-state index contributed by atoms with van der Waals surface area (Å²) in [4.78, 5) is 16.5. The van der Waals surface area contributed by atoms with Crippen LogP contribution in [0.25, 0.3) is 0 Å². The lowest BCUT2D eigenvalue weighted by atomic mass is 10.2. The second-order valence-electron chi connectivity index (χ2n) is 8.43. The smallest absolute Gasteiger partial charge is 0.409 e. The maximum absolute atomic E-state index is 12.6. The minimum atomic E-state index is -3.41. The van der Waals surface area contributed by atoms with E-state index in [2.05, 4.69) is 4.90 Å². The van der Waals surface area contributed by atoms with Crippen molar-refractivity contribution in [3.05, 3.63) is 29.8 Å². The van der Waals surface area contributed by atoms with Gasteiger partial charge in [0.2, 0.25) is 0 Å². The van der Waals surface area contributed by atoms with Crippen molar-refractivity contribution in [2.45, 2.75) is 42.7 Å². The van der Waals surface area contributed by atoms with Gasteiger partial charge in [0.05, 0.1) is 34.6 Å². The van der Waals surface area contributed by atoms with Crippen molar-refractivity contribution in [3.8, 4) is 6.07 Å². The Morgan fingerprint density at radius 1 is 1.06 bits per heavy atom. The zero-order valence-corrected chi connectivity index (χ0v) is 19.8. The summed E-state index contributed by atoms with van der Waals surface area (Å²) in [6, 6.07) is 8.28. The van der Waals surface area contributed by atoms with E-state index < -0.39 is 25.8 Å². The molecule has 9 nitrogen and oxygen atoms in total. The molecule has 0 radical (unpaired) electrons. The number of nitrogens with zero attached hydrogens (tertiary/aromatic N) is 3. The summed E-state index contributed by atoms with van der Waals surface area (Å²) < 4.78 is 52.7. The Labute approximate surface area is 189 Å². The monoisotopic (exact) mass is 483 g/mol. The van der Waals surface area contributed by atoms with Gasteiger partial charge in [0.15, 0.2) is 9.84 Å². The molecule has 2 atom stereocenters. The number of rotatable bonds is 9. The van der Waals surface area contributed by atoms with Gasteiger partial charge in [-0.05, 0) is 56.5 Å². The van der Waals surface area contributed by atoms with Crippen LogP contribution in [-0.2, 0) is 24.4 Å². The number of ether oxygens (including phenoxy) is 1. The van der Waals surface area contributed by atoms with Crippen LogP contribution in [0, 0.1) is 11.3 Å². The first kappa shape index (κ1) is 24.5. The molecule has 2 bridgehead atoms. The fraction of sp³-hybridized carbons (Fsp3) is 0.619. The van der Waals surface area contributed by atoms with E-state index >= 15 is 0 Å². The summed E-state index contributed by atoms with van der Waals surface area (Å²) in [5.74, 6) is 0.0195. The summed E-state index contributed by atoms with van der Waals surface area (Å²) >= 11 is 0. The molecule has 2 aliphatic rings. The van der Waals surface area contributed by atoms with Gasteiger partial charge < -0.3 is 9.64 Å². The molecule has 32 heavy (non-hydrogen) atoms. The average molecular weight is 484 g/mol. The number of carbonyl (C=O) groups excluding carboxylic acids is 1. The van der Waals surface area contributed by atoms with Crippen molar-refractivity contribution in [2.75, 3.05) is 44.0 Å². The van der Waals surface area contributed by atoms with E-state index in [9.17, 15) is 21.6 Å². The van der Waals surface area contributed by atoms with E-state index in [1.807, 2.05) is 6.07 Å². The van der Waals surface area contributed by atoms with E-state index in [0.29, 0.717) is 31.6 Å². The van der Waals surface area contributed by atoms with Crippen molar-refractivity contribution in [3.63, 3.8) is 0 Å². The fourth-order valence-corrected chi connectivity index (χ4v) is 6.31. The minimum absolute atomic E-state index is 0.00924. The molecule has 0 aliphatic carbocycles. The molecule has 2 saturated heterocycles. The number of piperazine rings is 1. The number of sulfone groups is 2. The summed E-state index contributed by atoms with van der Waals surface area (Å²) in [5.41, 5.74) is 0.423. The summed E-state index contributed by atoms with van der Waals surface area (Å²) in [6.45, 7) is 1.78. The number of likely N-dealkylation sites (tertiary alicyclic amines) is 1. The third-order valence-electron chi connectivity index (χ3n) is 5.95. The normalized spacial score (nSPS) is 21.3. The summed E-state index contributed by atoms with van der Waals surface area (Å²) in [5, 5.41) is 8.85. The van der Waals surface area contributed by atoms with Gasteiger partial charge in [-0.25, -0.2) is 21.6 Å². The van der Waals surface area contributed by atoms with Crippen molar-refractivity contribution in [2.24, 2.45) is 0 Å². The van der Waals surface area contributed by atoms with Crippen LogP contribution < -0.4 is 0 Å². The van der Waals surface area contributed by atoms with E-state index in [-0.39, 0.29) is 41.5 Å². The molecule has 2 heterocycles. The molecule has 1 aromatic carbocycles. The predicted molar refractivity (Wildman–Crippen MR) is 119 cm³/mol. The molecule has 0 N–H and O–H groups in total. The van der Waals surface area contributed by atoms with Gasteiger partial charge in [-0.2, -0.15) is 5.26 Å². The molecule has 11 heteroatoms. The Morgan fingerprint density at radius 2 is 1.69 bits per heavy atom. The van der Waals surface area contributed by atoms with Gasteiger partial charge in [0.25, 0.3) is 0 Å². The zero-order valence-electron chi connectivity index (χ0n) is 18.1. The number of hydrogen-bond donors (Lipinski definition) is 0. The average Bonchev–Trinajstić information content (AvgIpc) is 2.97. The summed E-state index contributed by atoms with van der Waals surface area (Å²) in [7, 11) is -6.48. The van der Waals surface area contributed by atoms with Crippen LogP contribution in [0.3, 0.4) is 0 Å². The topological polar surface area (TPSA) is 125 Å². The molecule has 2 aliphatic heterocycles. The highest BCUT2D eigenvalue weighted by Gasteiger charge is 2.41. The van der Waals surface area contributed by atoms with Crippen molar-refractivity contribution >= 4 is 25.8 Å². The SMILES string of the molecule is CS(=O)(=O)CCCOC(=O)N1CC2CCC(C1)N2CCCS(=O)(=O)c1ccc(C#N)cc1. The van der Waals surface area contributed by atoms with Crippen LogP contribution in [0.2, 0.25) is 0 Å². The lowest BCUT2D eigenvalue weighted by Gasteiger charge is -2.40. The lowest BCUT2D eigenvalue weighted by molar-refractivity contribution is 0.0460. The highest BCUT2D eigenvalue weighted by Crippen LogP contribution is 2.30. The van der Waals surface area contributed by atoms with Crippen LogP contribution in [0.5, 0.6) is 0 Å². The van der Waals surface area contributed by atoms with Gasteiger partial charge in [-0.1, -0.05) is 0 Å². The van der Waals surface area contributed by atoms with E-state index in [1.54, 1.807) is 4.90 Å². The van der Waals surface area contributed by atoms with Gasteiger partial charge in [-0.3, -0.25) is 4.90 Å². The second-order valence-corrected chi connectivity index (χ2v) is 12.8. The Morgan fingerprint density at radius 3 is 2.25 bits per heavy atom. The maximum Gasteiger partial charge on any atom is 0.409 e. The highest BCUT2D eigenvalue weighted by molar-refractivity contribution is 7.91. The Bertz CT molecular complexity index is 1050. The number of amides is 1. The van der Waals surface area contributed by atoms with Crippen molar-refractivity contribution < 1.29 is 26.4 Å². The van der Waals surface area contributed by atoms with Crippen LogP contribution in [0.15, 0.2) is 29.2 Å². The Hall–Kier alpha value is -2.16. The molecule has 2 fully saturated rings. The Balaban J connectivity index is 1.45. The third kappa shape index (κ3) is 6.43. The molecule has 1 amide bonds. The van der Waals surface area contributed by atoms with Gasteiger partial charge in [-0.15, -0.1) is 0 Å². The quantitative estimate of drug-likeness (QED) is 0.483. The molecular weight excluding hydrogens is 454 g/mol. The third-order valence-corrected chi connectivity index (χ3v) is 8.80. The second kappa shape index (κ2) is 10.2. The summed E-state index contributed by atoms with van der Waals surface area (Å²) in [6.07, 6.45) is 3.41. The highest BCUT2D eigenvalue weighted by atomic mass is 32.2. The van der Waals surface area contributed by atoms with Crippen LogP contribution in [0.1, 0.15) is 31.2 Å². The largest absolute Gasteiger partial charge is 0.449 e. The molecule has 1 aromatic rings. The predicted octanol–water partition coefficient (Wildman–Crippen LogP) is 1.44. The minimum Gasteiger partial charge on any atom is -0.449 e. The van der Waals surface area contributed by atoms with E-state index in [4.69, 9.17) is 10.00 Å². The van der Waals surface area contributed by atoms with Crippen LogP contribution in [-0.4, -0.2) is 88.8 Å². The molecule has 3 rings (SSSR count). The lowest BCUT2D eigenvalue weighted by Crippen LogP contribution is -2.55. The van der Waals surface area contributed by atoms with Gasteiger partial charge in [0.1, 0.15) is 9.84 Å². The number of benzene rings is 1. The van der Waals surface area contributed by atoms with Crippen molar-refractivity contribution in [1.82, 2.24) is 9.80 Å². The molecule has 176 valence electrons. The van der Waals surface area contributed by atoms with Crippen molar-refractivity contribution in [1.29, 1.82) is 5.26 Å². The van der Waals surface area contributed by atoms with Crippen LogP contribution in [0.4, 0.5) is 4.79 Å². The van der Waals surface area contributed by atoms with Gasteiger partial charge in [0, 0.05) is 31.4 Å². The number of fused-ring (bicyclic) bond motifs is 2. The first-order valence-corrected chi connectivity index (χ1v) is 14.4. The van der Waals surface area contributed by atoms with E-state index in [0.717, 1.165) is 19.1 Å². The first-order valence-electron chi connectivity index (χ1n) is 10.7. The van der Waals surface area contributed by atoms with Crippen LogP contribution >= 0.6 is 0 Å². The van der Waals surface area contributed by atoms with E-state index in [1.165, 1.54) is 24.3 Å². The number of hydrogen-bond acceptors (Lipinski definition) is 8. The molecule has 2 unspecified atom stereocenters.